The van der Waals surface area contributed by atoms with Crippen molar-refractivity contribution in [2.45, 2.75) is 69.3 Å². The highest BCUT2D eigenvalue weighted by Crippen LogP contribution is 2.42. The van der Waals surface area contributed by atoms with Crippen LogP contribution in [0.4, 0.5) is 14.6 Å². The Balaban J connectivity index is 1.07. The number of alkyl halides is 2. The van der Waals surface area contributed by atoms with E-state index in [4.69, 9.17) is 16.3 Å². The van der Waals surface area contributed by atoms with Gasteiger partial charge in [0.05, 0.1) is 52.6 Å². The number of fused-ring (bicyclic) bond motifs is 2. The maximum absolute atomic E-state index is 14.2. The van der Waals surface area contributed by atoms with Crippen LogP contribution in [-0.4, -0.2) is 94.8 Å². The largest absolute Gasteiger partial charge is 0.378 e. The molecular weight excluding hydrogens is 810 g/mol. The second-order valence-corrected chi connectivity index (χ2v) is 17.9. The van der Waals surface area contributed by atoms with Gasteiger partial charge in [0.2, 0.25) is 10.0 Å². The number of ether oxygens (including phenoxy) is 1. The molecule has 1 aromatic carbocycles. The number of aryl methyl sites for hydroxylation is 1. The number of halogens is 3. The van der Waals surface area contributed by atoms with Crippen molar-refractivity contribution in [3.63, 3.8) is 0 Å². The fraction of sp³-hybridized carbons (Fsp3) is 0.400. The zero-order valence-electron chi connectivity index (χ0n) is 31.5. The van der Waals surface area contributed by atoms with Gasteiger partial charge in [0.25, 0.3) is 17.4 Å². The van der Waals surface area contributed by atoms with E-state index in [0.29, 0.717) is 81.6 Å². The molecule has 58 heavy (non-hydrogen) atoms. The summed E-state index contributed by atoms with van der Waals surface area (Å²) in [6.07, 6.45) is 4.26. The number of nitrogens with one attached hydrogen (secondary N) is 1. The number of thiophene rings is 1. The zero-order valence-corrected chi connectivity index (χ0v) is 33.9. The molecule has 0 unspecified atom stereocenters. The van der Waals surface area contributed by atoms with Crippen LogP contribution in [0.3, 0.4) is 0 Å². The summed E-state index contributed by atoms with van der Waals surface area (Å²) in [4.78, 5) is 45.1. The first-order chi connectivity index (χ1) is 27.8. The summed E-state index contributed by atoms with van der Waals surface area (Å²) in [5.74, 6) is 3.67. The Morgan fingerprint density at radius 2 is 1.93 bits per heavy atom. The van der Waals surface area contributed by atoms with Gasteiger partial charge in [0.15, 0.2) is 0 Å². The molecule has 2 aliphatic heterocycles. The van der Waals surface area contributed by atoms with Crippen molar-refractivity contribution in [3.8, 4) is 29.0 Å². The van der Waals surface area contributed by atoms with Crippen LogP contribution in [0, 0.1) is 30.1 Å². The van der Waals surface area contributed by atoms with E-state index >= 15 is 0 Å². The molecule has 1 saturated carbocycles. The molecule has 0 spiro atoms. The van der Waals surface area contributed by atoms with Crippen LogP contribution in [0.25, 0.3) is 32.2 Å². The minimum absolute atomic E-state index is 0.0159. The smallest absolute Gasteiger partial charge is 0.267 e. The number of likely N-dealkylation sites (tertiary alicyclic amines) is 1. The number of pyridine rings is 2. The number of nitrogens with zero attached hydrogens (tertiary/aromatic N) is 7. The normalized spacial score (nSPS) is 17.6. The highest BCUT2D eigenvalue weighted by atomic mass is 35.5. The molecule has 300 valence electrons. The Morgan fingerprint density at radius 3 is 2.60 bits per heavy atom. The van der Waals surface area contributed by atoms with Crippen molar-refractivity contribution < 1.29 is 26.7 Å². The number of nitriles is 1. The predicted molar refractivity (Wildman–Crippen MR) is 217 cm³/mol. The van der Waals surface area contributed by atoms with Gasteiger partial charge in [-0.3, -0.25) is 24.0 Å². The molecule has 1 aliphatic carbocycles. The van der Waals surface area contributed by atoms with E-state index in [0.717, 1.165) is 0 Å². The summed E-state index contributed by atoms with van der Waals surface area (Å²) in [6, 6.07) is 9.07. The average molecular weight is 847 g/mol. The first kappa shape index (κ1) is 39.8. The molecule has 4 aromatic heterocycles. The fourth-order valence-electron chi connectivity index (χ4n) is 7.88. The van der Waals surface area contributed by atoms with E-state index in [2.05, 4.69) is 42.5 Å². The molecule has 0 bridgehead atoms. The topological polar surface area (TPSA) is 163 Å². The predicted octanol–water partition coefficient (Wildman–Crippen LogP) is 5.50. The van der Waals surface area contributed by atoms with Crippen LogP contribution in [0.2, 0.25) is 5.02 Å². The van der Waals surface area contributed by atoms with Crippen molar-refractivity contribution in [1.29, 1.82) is 5.26 Å². The Labute approximate surface area is 341 Å². The maximum Gasteiger partial charge on any atom is 0.267 e. The summed E-state index contributed by atoms with van der Waals surface area (Å²) in [7, 11) is -3.92. The van der Waals surface area contributed by atoms with Crippen LogP contribution in [0.15, 0.2) is 46.8 Å². The second kappa shape index (κ2) is 15.6. The van der Waals surface area contributed by atoms with Crippen LogP contribution >= 0.6 is 22.9 Å². The number of aromatic nitrogens is 4. The van der Waals surface area contributed by atoms with E-state index in [1.54, 1.807) is 36.6 Å². The summed E-state index contributed by atoms with van der Waals surface area (Å²) in [6.45, 7) is 5.50. The van der Waals surface area contributed by atoms with Gasteiger partial charge in [-0.25, -0.2) is 31.9 Å². The number of carbonyl (C=O) groups excluding carboxylic acids is 1. The van der Waals surface area contributed by atoms with Crippen molar-refractivity contribution in [2.75, 3.05) is 37.7 Å². The molecule has 1 N–H and O–H groups in total. The Morgan fingerprint density at radius 1 is 1.17 bits per heavy atom. The summed E-state index contributed by atoms with van der Waals surface area (Å²) < 4.78 is 61.5. The van der Waals surface area contributed by atoms with Crippen molar-refractivity contribution in [1.82, 2.24) is 29.1 Å². The SMILES string of the molecule is CCN(c1ncc2nc(C)n(CC#Cc3ccc(Cl)cc3-c3ccnc4c(C(=O)NS(=O)(=O)C5COC5)csc34)c(=O)c2c1C#N)C1CCN(C2CC(F)(F)C2)CC1. The standard InChI is InChI=1S/C40H37ClF2N8O5S2/c1-3-50(26-9-13-49(14-10-26)27-16-40(42,43)17-27)37-31(18-44)34-33(19-46-37)47-23(2)51(39(34)53)12-4-5-24-6-7-25(41)15-30(24)29-8-11-45-35-32(22-57-36(29)35)38(52)48-58(54,55)28-20-56-21-28/h6-8,11,15,19,22,26-28H,3,9-10,12-14,16-17,20-21H2,1-2H3,(H,48,52). The number of benzene rings is 1. The molecule has 2 saturated heterocycles. The Hall–Kier alpha value is -5.04. The van der Waals surface area contributed by atoms with Crippen LogP contribution in [0.1, 0.15) is 59.9 Å². The first-order valence-corrected chi connectivity index (χ1v) is 21.6. The lowest BCUT2D eigenvalue weighted by Gasteiger charge is -2.47. The third-order valence-electron chi connectivity index (χ3n) is 11.1. The van der Waals surface area contributed by atoms with Gasteiger partial charge in [0, 0.05) is 77.8 Å². The van der Waals surface area contributed by atoms with Gasteiger partial charge in [-0.15, -0.1) is 11.3 Å². The maximum atomic E-state index is 14.2. The van der Waals surface area contributed by atoms with E-state index in [1.165, 1.54) is 28.3 Å². The molecule has 1 amide bonds. The first-order valence-electron chi connectivity index (χ1n) is 18.8. The molecular formula is C40H37ClF2N8O5S2. The number of sulfonamides is 1. The van der Waals surface area contributed by atoms with Crippen LogP contribution in [0.5, 0.6) is 0 Å². The number of hydrogen-bond acceptors (Lipinski definition) is 12. The minimum Gasteiger partial charge on any atom is -0.378 e. The molecule has 5 aromatic rings. The quantitative estimate of drug-likeness (QED) is 0.187. The fourth-order valence-corrected chi connectivity index (χ4v) is 10.2. The molecule has 3 fully saturated rings. The highest BCUT2D eigenvalue weighted by Gasteiger charge is 2.48. The number of hydrogen-bond donors (Lipinski definition) is 1. The lowest BCUT2D eigenvalue weighted by molar-refractivity contribution is -0.127. The van der Waals surface area contributed by atoms with E-state index in [9.17, 15) is 32.0 Å². The molecule has 0 radical (unpaired) electrons. The average Bonchev–Trinajstić information content (AvgIpc) is 3.60. The highest BCUT2D eigenvalue weighted by molar-refractivity contribution is 7.90. The molecule has 6 heterocycles. The lowest BCUT2D eigenvalue weighted by atomic mass is 9.85. The summed E-state index contributed by atoms with van der Waals surface area (Å²) >= 11 is 7.69. The molecule has 18 heteroatoms. The van der Waals surface area contributed by atoms with Gasteiger partial charge in [-0.1, -0.05) is 23.4 Å². The monoisotopic (exact) mass is 846 g/mol. The number of amides is 1. The lowest BCUT2D eigenvalue weighted by Crippen LogP contribution is -2.55. The van der Waals surface area contributed by atoms with Gasteiger partial charge >= 0.3 is 0 Å². The van der Waals surface area contributed by atoms with Gasteiger partial charge < -0.3 is 9.64 Å². The minimum atomic E-state index is -3.92. The van der Waals surface area contributed by atoms with E-state index in [1.807, 2.05) is 11.8 Å². The van der Waals surface area contributed by atoms with Crippen LogP contribution in [-0.2, 0) is 21.3 Å². The van der Waals surface area contributed by atoms with Crippen molar-refractivity contribution >= 4 is 65.8 Å². The number of rotatable bonds is 9. The van der Waals surface area contributed by atoms with E-state index < -0.39 is 32.7 Å². The zero-order chi connectivity index (χ0) is 40.9. The summed E-state index contributed by atoms with van der Waals surface area (Å²) in [5.41, 5.74) is 2.30. The Bertz CT molecular complexity index is 2740. The van der Waals surface area contributed by atoms with Crippen LogP contribution < -0.4 is 15.2 Å². The van der Waals surface area contributed by atoms with Gasteiger partial charge in [-0.2, -0.15) is 5.26 Å². The molecule has 8 rings (SSSR count). The van der Waals surface area contributed by atoms with Gasteiger partial charge in [0.1, 0.15) is 28.5 Å². The number of carbonyl (C=O) groups is 1. The second-order valence-electron chi connectivity index (χ2n) is 14.7. The van der Waals surface area contributed by atoms with E-state index in [-0.39, 0.29) is 61.2 Å². The summed E-state index contributed by atoms with van der Waals surface area (Å²) in [5, 5.41) is 11.8. The number of anilines is 1. The van der Waals surface area contributed by atoms with Crippen molar-refractivity contribution in [3.05, 3.63) is 79.9 Å². The third kappa shape index (κ3) is 7.42. The third-order valence-corrected chi connectivity index (χ3v) is 14.0. The molecule has 3 aliphatic rings. The Kier molecular flexibility index (Phi) is 10.7. The molecule has 0 atom stereocenters. The van der Waals surface area contributed by atoms with Gasteiger partial charge in [-0.05, 0) is 51.0 Å². The molecule has 13 nitrogen and oxygen atoms in total. The number of piperidine rings is 1. The van der Waals surface area contributed by atoms with Crippen molar-refractivity contribution in [2.24, 2.45) is 0 Å².